The summed E-state index contributed by atoms with van der Waals surface area (Å²) in [7, 11) is 0. The molecule has 0 bridgehead atoms. The van der Waals surface area contributed by atoms with Crippen molar-refractivity contribution >= 4 is 34.9 Å². The summed E-state index contributed by atoms with van der Waals surface area (Å²) < 4.78 is 28.0. The molecule has 2 saturated heterocycles. The molecule has 2 aliphatic rings. The van der Waals surface area contributed by atoms with Crippen LogP contribution in [0.3, 0.4) is 0 Å². The minimum Gasteiger partial charge on any atom is -0.332 e. The Bertz CT molecular complexity index is 1020. The lowest BCUT2D eigenvalue weighted by Gasteiger charge is -2.16. The van der Waals surface area contributed by atoms with Crippen molar-refractivity contribution in [1.82, 2.24) is 15.6 Å². The van der Waals surface area contributed by atoms with Crippen molar-refractivity contribution in [2.45, 2.75) is 48.9 Å². The Morgan fingerprint density at radius 2 is 2.06 bits per heavy atom. The van der Waals surface area contributed by atoms with Gasteiger partial charge in [-0.05, 0) is 25.0 Å². The fourth-order valence-electron chi connectivity index (χ4n) is 3.97. The molecule has 2 fully saturated rings. The van der Waals surface area contributed by atoms with Crippen molar-refractivity contribution in [1.29, 1.82) is 5.26 Å². The van der Waals surface area contributed by atoms with Crippen molar-refractivity contribution in [3.05, 3.63) is 40.2 Å². The lowest BCUT2D eigenvalue weighted by Crippen LogP contribution is -2.36. The van der Waals surface area contributed by atoms with Gasteiger partial charge in [-0.2, -0.15) is 17.0 Å². The predicted octanol–water partition coefficient (Wildman–Crippen LogP) is 3.99. The van der Waals surface area contributed by atoms with Crippen LogP contribution in [0.25, 0.3) is 11.3 Å². The number of hydrogen-bond donors (Lipinski definition) is 2. The summed E-state index contributed by atoms with van der Waals surface area (Å²) in [5.74, 6) is -1.88. The number of halogens is 2. The molecule has 4 rings (SSSR count). The Morgan fingerprint density at radius 3 is 2.81 bits per heavy atom. The number of unbranched alkanes of at least 4 members (excludes halogenated alkanes) is 1. The second-order valence-corrected chi connectivity index (χ2v) is 9.73. The molecule has 0 aliphatic carbocycles. The summed E-state index contributed by atoms with van der Waals surface area (Å²) in [5, 5.41) is 17.4. The number of amides is 2. The van der Waals surface area contributed by atoms with Gasteiger partial charge in [0.05, 0.1) is 29.4 Å². The summed E-state index contributed by atoms with van der Waals surface area (Å²) >= 11 is 2.88. The Morgan fingerprint density at radius 1 is 1.29 bits per heavy atom. The Balaban J connectivity index is 1.32. The molecule has 2 amide bonds. The number of carbonyl (C=O) groups is 2. The average Bonchev–Trinajstić information content (AvgIpc) is 3.43. The zero-order valence-electron chi connectivity index (χ0n) is 16.4. The van der Waals surface area contributed by atoms with Crippen LogP contribution in [0.4, 0.5) is 13.6 Å². The van der Waals surface area contributed by atoms with Gasteiger partial charge in [-0.1, -0.05) is 12.5 Å². The fraction of sp³-hybridized carbons (Fsp3) is 0.429. The number of fused-ring (bicyclic) bond motifs is 1. The number of thiazole rings is 1. The standard InChI is InChI=1S/C21H20F2N4O2S2/c22-12-4-3-5-13(23)18(12)14-9-31-20(25-14)11(8-24)16(28)6-1-2-7-17-19-15(10-30-17)26-21(29)27-19/h3-5,9,11,15,17,19H,1-2,6-7,10H2,(H2,26,27,29)/t11-,15+,17+,19-/m1/s1. The van der Waals surface area contributed by atoms with E-state index in [1.807, 2.05) is 17.8 Å². The third-order valence-electron chi connectivity index (χ3n) is 5.54. The van der Waals surface area contributed by atoms with Gasteiger partial charge in [0, 0.05) is 22.8 Å². The molecule has 6 nitrogen and oxygen atoms in total. The van der Waals surface area contributed by atoms with Crippen LogP contribution >= 0.6 is 23.1 Å². The monoisotopic (exact) mass is 462 g/mol. The maximum absolute atomic E-state index is 14.0. The number of Topliss-reactive ketones (excluding diaryl/α,β-unsaturated/α-hetero) is 1. The van der Waals surface area contributed by atoms with E-state index >= 15 is 0 Å². The van der Waals surface area contributed by atoms with Crippen LogP contribution in [0.2, 0.25) is 0 Å². The zero-order chi connectivity index (χ0) is 22.0. The molecule has 0 saturated carbocycles. The molecule has 3 heterocycles. The van der Waals surface area contributed by atoms with Crippen molar-refractivity contribution in [3.8, 4) is 17.3 Å². The molecule has 0 radical (unpaired) electrons. The van der Waals surface area contributed by atoms with Crippen LogP contribution in [0.5, 0.6) is 0 Å². The van der Waals surface area contributed by atoms with E-state index in [0.29, 0.717) is 11.7 Å². The number of hydrogen-bond acceptors (Lipinski definition) is 6. The summed E-state index contributed by atoms with van der Waals surface area (Å²) in [4.78, 5) is 28.2. The lowest BCUT2D eigenvalue weighted by molar-refractivity contribution is -0.119. The van der Waals surface area contributed by atoms with Crippen molar-refractivity contribution in [3.63, 3.8) is 0 Å². The van der Waals surface area contributed by atoms with E-state index in [9.17, 15) is 23.6 Å². The molecule has 1 aromatic carbocycles. The topological polar surface area (TPSA) is 94.9 Å². The molecule has 1 aromatic heterocycles. The van der Waals surface area contributed by atoms with Crippen molar-refractivity contribution in [2.24, 2.45) is 0 Å². The lowest BCUT2D eigenvalue weighted by atomic mass is 9.98. The number of urea groups is 1. The highest BCUT2D eigenvalue weighted by Gasteiger charge is 2.42. The molecule has 0 spiro atoms. The van der Waals surface area contributed by atoms with Crippen LogP contribution in [0.1, 0.15) is 36.6 Å². The fourth-order valence-corrected chi connectivity index (χ4v) is 6.39. The first-order valence-corrected chi connectivity index (χ1v) is 11.9. The van der Waals surface area contributed by atoms with E-state index in [2.05, 4.69) is 15.6 Å². The first-order chi connectivity index (χ1) is 15.0. The van der Waals surface area contributed by atoms with E-state index < -0.39 is 17.6 Å². The van der Waals surface area contributed by atoms with Gasteiger partial charge in [0.15, 0.2) is 11.7 Å². The van der Waals surface area contributed by atoms with Crippen LogP contribution in [0.15, 0.2) is 23.6 Å². The molecular weight excluding hydrogens is 442 g/mol. The number of nitriles is 1. The third kappa shape index (κ3) is 4.57. The Kier molecular flexibility index (Phi) is 6.53. The van der Waals surface area contributed by atoms with Gasteiger partial charge in [0.2, 0.25) is 0 Å². The molecule has 0 unspecified atom stereocenters. The number of nitrogens with zero attached hydrogens (tertiary/aromatic N) is 2. The molecular formula is C21H20F2N4O2S2. The van der Waals surface area contributed by atoms with Gasteiger partial charge in [-0.15, -0.1) is 11.3 Å². The van der Waals surface area contributed by atoms with Gasteiger partial charge in [0.1, 0.15) is 16.6 Å². The highest BCUT2D eigenvalue weighted by Crippen LogP contribution is 2.34. The van der Waals surface area contributed by atoms with Crippen LogP contribution < -0.4 is 10.6 Å². The molecule has 10 heteroatoms. The van der Waals surface area contributed by atoms with Gasteiger partial charge < -0.3 is 10.6 Å². The number of carbonyl (C=O) groups excluding carboxylic acids is 2. The first-order valence-electron chi connectivity index (χ1n) is 9.98. The highest BCUT2D eigenvalue weighted by molar-refractivity contribution is 8.00. The number of benzene rings is 1. The van der Waals surface area contributed by atoms with E-state index in [1.165, 1.54) is 11.4 Å². The van der Waals surface area contributed by atoms with E-state index in [1.54, 1.807) is 0 Å². The number of nitrogens with one attached hydrogen (secondary N) is 2. The van der Waals surface area contributed by atoms with E-state index in [0.717, 1.165) is 42.1 Å². The van der Waals surface area contributed by atoms with E-state index in [-0.39, 0.29) is 46.6 Å². The summed E-state index contributed by atoms with van der Waals surface area (Å²) in [6, 6.07) is 5.71. The normalized spacial score (nSPS) is 23.0. The number of ketones is 1. The minimum atomic E-state index is -1.04. The Labute approximate surface area is 186 Å². The molecule has 2 aromatic rings. The quantitative estimate of drug-likeness (QED) is 0.457. The van der Waals surface area contributed by atoms with Crippen LogP contribution in [0, 0.1) is 23.0 Å². The molecule has 4 atom stereocenters. The highest BCUT2D eigenvalue weighted by atomic mass is 32.2. The predicted molar refractivity (Wildman–Crippen MR) is 115 cm³/mol. The maximum atomic E-state index is 14.0. The molecule has 2 N–H and O–H groups in total. The zero-order valence-corrected chi connectivity index (χ0v) is 18.1. The summed E-state index contributed by atoms with van der Waals surface area (Å²) in [5.41, 5.74) is -0.168. The van der Waals surface area contributed by atoms with Gasteiger partial charge in [0.25, 0.3) is 0 Å². The summed E-state index contributed by atoms with van der Waals surface area (Å²) in [6.45, 7) is 0. The Hall–Kier alpha value is -2.51. The molecule has 162 valence electrons. The van der Waals surface area contributed by atoms with Crippen LogP contribution in [-0.2, 0) is 4.79 Å². The van der Waals surface area contributed by atoms with Gasteiger partial charge >= 0.3 is 6.03 Å². The first kappa shape index (κ1) is 21.7. The maximum Gasteiger partial charge on any atom is 0.315 e. The second kappa shape index (κ2) is 9.32. The minimum absolute atomic E-state index is 0.0867. The molecule has 31 heavy (non-hydrogen) atoms. The smallest absolute Gasteiger partial charge is 0.315 e. The summed E-state index contributed by atoms with van der Waals surface area (Å²) in [6.07, 6.45) is 2.56. The SMILES string of the molecule is N#C[C@H](C(=O)CCCC[C@@H]1SC[C@@H]2NC(=O)N[C@H]21)c1nc(-c2c(F)cccc2F)cs1. The second-order valence-electron chi connectivity index (χ2n) is 7.56. The van der Waals surface area contributed by atoms with Crippen molar-refractivity contribution < 1.29 is 18.4 Å². The van der Waals surface area contributed by atoms with E-state index in [4.69, 9.17) is 0 Å². The molecule has 2 aliphatic heterocycles. The number of thioether (sulfide) groups is 1. The van der Waals surface area contributed by atoms with Gasteiger partial charge in [-0.3, -0.25) is 4.79 Å². The third-order valence-corrected chi connectivity index (χ3v) is 7.96. The number of aromatic nitrogens is 1. The average molecular weight is 463 g/mol. The van der Waals surface area contributed by atoms with Crippen LogP contribution in [-0.4, -0.2) is 39.9 Å². The van der Waals surface area contributed by atoms with Gasteiger partial charge in [-0.25, -0.2) is 18.6 Å². The number of rotatable bonds is 8. The largest absolute Gasteiger partial charge is 0.332 e. The van der Waals surface area contributed by atoms with Crippen molar-refractivity contribution in [2.75, 3.05) is 5.75 Å².